The number of carbonyl (C=O) groups is 2. The minimum atomic E-state index is -0.471. The molecule has 0 atom stereocenters. The zero-order valence-corrected chi connectivity index (χ0v) is 17.6. The van der Waals surface area contributed by atoms with Gasteiger partial charge in [-0.25, -0.2) is 4.79 Å². The molecule has 2 rings (SSSR count). The van der Waals surface area contributed by atoms with Crippen LogP contribution >= 0.6 is 11.8 Å². The fourth-order valence-corrected chi connectivity index (χ4v) is 3.75. The van der Waals surface area contributed by atoms with Crippen LogP contribution in [0.2, 0.25) is 0 Å². The zero-order chi connectivity index (χ0) is 20.6. The molecule has 0 aliphatic carbocycles. The molecule has 1 saturated heterocycles. The van der Waals surface area contributed by atoms with Crippen molar-refractivity contribution in [2.24, 2.45) is 0 Å². The molecule has 28 heavy (non-hydrogen) atoms. The molecule has 1 aliphatic rings. The molecule has 0 aromatic heterocycles. The second kappa shape index (κ2) is 10.3. The lowest BCUT2D eigenvalue weighted by Crippen LogP contribution is -2.50. The van der Waals surface area contributed by atoms with E-state index in [0.29, 0.717) is 13.1 Å². The number of rotatable bonds is 6. The van der Waals surface area contributed by atoms with Gasteiger partial charge in [-0.05, 0) is 32.9 Å². The highest BCUT2D eigenvalue weighted by molar-refractivity contribution is 7.99. The fourth-order valence-electron chi connectivity index (χ4n) is 2.73. The number of anilines is 1. The average molecular weight is 405 g/mol. The Morgan fingerprint density at radius 2 is 1.89 bits per heavy atom. The Morgan fingerprint density at radius 3 is 2.54 bits per heavy atom. The largest absolute Gasteiger partial charge is 0.444 e. The molecule has 0 radical (unpaired) electrons. The first-order valence-electron chi connectivity index (χ1n) is 9.37. The second-order valence-electron chi connectivity index (χ2n) is 7.54. The smallest absolute Gasteiger partial charge is 0.410 e. The molecule has 0 spiro atoms. The van der Waals surface area contributed by atoms with Gasteiger partial charge in [0, 0.05) is 43.4 Å². The summed E-state index contributed by atoms with van der Waals surface area (Å²) < 4.78 is 5.42. The third-order valence-electron chi connectivity index (χ3n) is 4.09. The number of amides is 2. The molecule has 1 N–H and O–H groups in total. The van der Waals surface area contributed by atoms with E-state index in [4.69, 9.17) is 10.00 Å². The normalized spacial score (nSPS) is 15.0. The summed E-state index contributed by atoms with van der Waals surface area (Å²) in [4.78, 5) is 28.9. The Hall–Kier alpha value is -2.24. The van der Waals surface area contributed by atoms with Crippen LogP contribution in [-0.4, -0.2) is 65.9 Å². The Labute approximate surface area is 171 Å². The van der Waals surface area contributed by atoms with Crippen LogP contribution in [0.3, 0.4) is 0 Å². The van der Waals surface area contributed by atoms with Gasteiger partial charge in [-0.2, -0.15) is 5.26 Å². The van der Waals surface area contributed by atoms with E-state index in [1.54, 1.807) is 16.7 Å². The number of thioether (sulfide) groups is 1. The highest BCUT2D eigenvalue weighted by atomic mass is 32.2. The molecule has 0 saturated carbocycles. The van der Waals surface area contributed by atoms with Gasteiger partial charge in [0.1, 0.15) is 12.0 Å². The van der Waals surface area contributed by atoms with Crippen LogP contribution in [0, 0.1) is 11.3 Å². The summed E-state index contributed by atoms with van der Waals surface area (Å²) in [6.45, 7) is 9.49. The van der Waals surface area contributed by atoms with E-state index in [2.05, 4.69) is 10.2 Å². The fraction of sp³-hybridized carbons (Fsp3) is 0.550. The van der Waals surface area contributed by atoms with Crippen molar-refractivity contribution in [3.05, 3.63) is 24.3 Å². The highest BCUT2D eigenvalue weighted by Crippen LogP contribution is 2.27. The Balaban J connectivity index is 1.76. The maximum Gasteiger partial charge on any atom is 0.410 e. The van der Waals surface area contributed by atoms with E-state index in [0.717, 1.165) is 36.0 Å². The van der Waals surface area contributed by atoms with Gasteiger partial charge in [-0.15, -0.1) is 11.8 Å². The summed E-state index contributed by atoms with van der Waals surface area (Å²) in [5.74, 6) is 0.575. The minimum absolute atomic E-state index is 0.152. The lowest BCUT2D eigenvalue weighted by molar-refractivity contribution is -0.115. The van der Waals surface area contributed by atoms with Gasteiger partial charge in [0.05, 0.1) is 11.8 Å². The number of nitriles is 1. The minimum Gasteiger partial charge on any atom is -0.444 e. The first-order chi connectivity index (χ1) is 13.3. The van der Waals surface area contributed by atoms with Gasteiger partial charge >= 0.3 is 6.09 Å². The van der Waals surface area contributed by atoms with Gasteiger partial charge in [0.25, 0.3) is 0 Å². The third-order valence-corrected chi connectivity index (χ3v) is 5.14. The predicted octanol–water partition coefficient (Wildman–Crippen LogP) is 3.18. The van der Waals surface area contributed by atoms with Gasteiger partial charge < -0.3 is 15.0 Å². The predicted molar refractivity (Wildman–Crippen MR) is 110 cm³/mol. The Morgan fingerprint density at radius 1 is 1.21 bits per heavy atom. The van der Waals surface area contributed by atoms with Gasteiger partial charge in [-0.3, -0.25) is 9.69 Å². The van der Waals surface area contributed by atoms with Crippen molar-refractivity contribution in [3.8, 4) is 6.07 Å². The maximum atomic E-state index is 12.1. The molecule has 0 unspecified atom stereocenters. The summed E-state index contributed by atoms with van der Waals surface area (Å²) in [6.07, 6.45) is -0.399. The first-order valence-corrected chi connectivity index (χ1v) is 10.4. The number of hydrogen-bond acceptors (Lipinski definition) is 6. The number of benzene rings is 1. The summed E-state index contributed by atoms with van der Waals surface area (Å²) in [5.41, 5.74) is 0.267. The number of hydrogen-bond donors (Lipinski definition) is 1. The molecule has 2 amide bonds. The van der Waals surface area contributed by atoms with Crippen LogP contribution < -0.4 is 5.32 Å². The number of ether oxygens (including phenoxy) is 1. The molecular weight excluding hydrogens is 376 g/mol. The van der Waals surface area contributed by atoms with E-state index in [1.165, 1.54) is 0 Å². The van der Waals surface area contributed by atoms with Crippen molar-refractivity contribution in [1.29, 1.82) is 5.26 Å². The van der Waals surface area contributed by atoms with E-state index in [-0.39, 0.29) is 18.4 Å². The second-order valence-corrected chi connectivity index (χ2v) is 8.67. The van der Waals surface area contributed by atoms with Crippen LogP contribution in [0.25, 0.3) is 0 Å². The van der Waals surface area contributed by atoms with Gasteiger partial charge in [0.15, 0.2) is 0 Å². The first kappa shape index (κ1) is 22.1. The number of nitrogens with zero attached hydrogens (tertiary/aromatic N) is 3. The van der Waals surface area contributed by atoms with Crippen molar-refractivity contribution >= 4 is 29.4 Å². The van der Waals surface area contributed by atoms with Crippen LogP contribution in [0.5, 0.6) is 0 Å². The quantitative estimate of drug-likeness (QED) is 0.733. The molecule has 1 aromatic carbocycles. The van der Waals surface area contributed by atoms with Gasteiger partial charge in [0.2, 0.25) is 5.91 Å². The monoisotopic (exact) mass is 404 g/mol. The third kappa shape index (κ3) is 7.41. The molecule has 152 valence electrons. The van der Waals surface area contributed by atoms with Crippen LogP contribution in [-0.2, 0) is 9.53 Å². The molecule has 8 heteroatoms. The Bertz CT molecular complexity index is 719. The van der Waals surface area contributed by atoms with E-state index < -0.39 is 5.60 Å². The lowest BCUT2D eigenvalue weighted by atomic mass is 10.2. The standard InChI is InChI=1S/C20H28N4O3S/c1-20(2,3)27-19(26)24-12-10-23(11-13-24)14-15-28-17-7-5-4-6-16(17)22-18(25)8-9-21/h4-7H,8,10-15H2,1-3H3,(H,22,25). The van der Waals surface area contributed by atoms with Crippen molar-refractivity contribution < 1.29 is 14.3 Å². The topological polar surface area (TPSA) is 85.7 Å². The van der Waals surface area contributed by atoms with Crippen molar-refractivity contribution in [1.82, 2.24) is 9.80 Å². The molecule has 0 bridgehead atoms. The summed E-state index contributed by atoms with van der Waals surface area (Å²) >= 11 is 1.67. The van der Waals surface area contributed by atoms with Crippen molar-refractivity contribution in [2.75, 3.05) is 43.8 Å². The van der Waals surface area contributed by atoms with Crippen LogP contribution in [0.15, 0.2) is 29.2 Å². The molecular formula is C20H28N4O3S. The summed E-state index contributed by atoms with van der Waals surface area (Å²) in [5, 5.41) is 11.4. The Kier molecular flexibility index (Phi) is 8.15. The number of nitrogens with one attached hydrogen (secondary N) is 1. The number of para-hydroxylation sites is 1. The van der Waals surface area contributed by atoms with Crippen molar-refractivity contribution in [3.63, 3.8) is 0 Å². The summed E-state index contributed by atoms with van der Waals surface area (Å²) in [7, 11) is 0. The number of carbonyl (C=O) groups excluding carboxylic acids is 2. The zero-order valence-electron chi connectivity index (χ0n) is 16.7. The lowest BCUT2D eigenvalue weighted by Gasteiger charge is -2.35. The summed E-state index contributed by atoms with van der Waals surface area (Å²) in [6, 6.07) is 9.46. The SMILES string of the molecule is CC(C)(C)OC(=O)N1CCN(CCSc2ccccc2NC(=O)CC#N)CC1. The maximum absolute atomic E-state index is 12.1. The number of piperazine rings is 1. The van der Waals surface area contributed by atoms with Crippen LogP contribution in [0.4, 0.5) is 10.5 Å². The van der Waals surface area contributed by atoms with Crippen LogP contribution in [0.1, 0.15) is 27.2 Å². The average Bonchev–Trinajstić information content (AvgIpc) is 2.62. The van der Waals surface area contributed by atoms with E-state index in [9.17, 15) is 9.59 Å². The molecule has 1 aromatic rings. The van der Waals surface area contributed by atoms with E-state index >= 15 is 0 Å². The van der Waals surface area contributed by atoms with Gasteiger partial charge in [-0.1, -0.05) is 12.1 Å². The molecule has 1 fully saturated rings. The molecule has 1 heterocycles. The highest BCUT2D eigenvalue weighted by Gasteiger charge is 2.25. The van der Waals surface area contributed by atoms with E-state index in [1.807, 2.05) is 51.1 Å². The molecule has 1 aliphatic heterocycles. The molecule has 7 nitrogen and oxygen atoms in total. The van der Waals surface area contributed by atoms with Crippen molar-refractivity contribution in [2.45, 2.75) is 37.7 Å².